The van der Waals surface area contributed by atoms with Crippen molar-refractivity contribution < 1.29 is 0 Å². The second kappa shape index (κ2) is 12.5. The highest BCUT2D eigenvalue weighted by Crippen LogP contribution is 2.43. The van der Waals surface area contributed by atoms with Gasteiger partial charge >= 0.3 is 0 Å². The number of aromatic nitrogens is 2. The lowest BCUT2D eigenvalue weighted by Crippen LogP contribution is -1.93. The quantitative estimate of drug-likeness (QED) is 0.163. The van der Waals surface area contributed by atoms with Crippen LogP contribution in [0.4, 0.5) is 0 Å². The van der Waals surface area contributed by atoms with Crippen LogP contribution in [0.25, 0.3) is 88.4 Å². The first-order valence-corrected chi connectivity index (χ1v) is 19.7. The smallest absolute Gasteiger partial charge is 0.0541 e. The maximum absolute atomic E-state index is 2.43. The summed E-state index contributed by atoms with van der Waals surface area (Å²) in [5.74, 6) is 0. The minimum absolute atomic E-state index is 0.970. The van der Waals surface area contributed by atoms with Gasteiger partial charge in [0.15, 0.2) is 0 Å². The van der Waals surface area contributed by atoms with Crippen molar-refractivity contribution in [3.05, 3.63) is 192 Å². The molecule has 2 nitrogen and oxygen atoms in total. The van der Waals surface area contributed by atoms with E-state index in [2.05, 4.69) is 193 Å². The molecule has 1 aliphatic rings. The summed E-state index contributed by atoms with van der Waals surface area (Å²) in [6.45, 7) is 4.48. The highest BCUT2D eigenvalue weighted by atomic mass is 15.0. The molecule has 2 heterocycles. The Morgan fingerprint density at radius 2 is 0.727 bits per heavy atom. The fourth-order valence-electron chi connectivity index (χ4n) is 9.18. The van der Waals surface area contributed by atoms with Crippen LogP contribution in [0.1, 0.15) is 36.1 Å². The molecule has 10 aromatic rings. The molecule has 11 rings (SSSR count). The molecule has 0 atom stereocenters. The molecule has 0 radical (unpaired) electrons. The fraction of sp³-hybridized carbons (Fsp3) is 0.0943. The Morgan fingerprint density at radius 3 is 1.15 bits per heavy atom. The molecule has 2 aromatic heterocycles. The fourth-order valence-corrected chi connectivity index (χ4v) is 9.18. The molecule has 262 valence electrons. The number of para-hydroxylation sites is 2. The van der Waals surface area contributed by atoms with Gasteiger partial charge in [-0.2, -0.15) is 0 Å². The third-order valence-electron chi connectivity index (χ3n) is 12.1. The summed E-state index contributed by atoms with van der Waals surface area (Å²) in [4.78, 5) is 0. The lowest BCUT2D eigenvalue weighted by Gasteiger charge is -2.10. The molecule has 0 saturated carbocycles. The Morgan fingerprint density at radius 1 is 0.364 bits per heavy atom. The number of aryl methyl sites for hydroxylation is 2. The zero-order valence-corrected chi connectivity index (χ0v) is 31.2. The van der Waals surface area contributed by atoms with Crippen molar-refractivity contribution >= 4 is 43.6 Å². The summed E-state index contributed by atoms with van der Waals surface area (Å²) in [7, 11) is 0. The number of hydrogen-bond donors (Lipinski definition) is 0. The molecule has 0 N–H and O–H groups in total. The molecule has 0 aliphatic heterocycles. The van der Waals surface area contributed by atoms with Crippen molar-refractivity contribution in [1.29, 1.82) is 0 Å². The Kier molecular flexibility index (Phi) is 7.22. The van der Waals surface area contributed by atoms with Gasteiger partial charge in [0.1, 0.15) is 0 Å². The zero-order valence-electron chi connectivity index (χ0n) is 31.2. The summed E-state index contributed by atoms with van der Waals surface area (Å²) in [6, 6.07) is 63.7. The van der Waals surface area contributed by atoms with Crippen molar-refractivity contribution in [3.63, 3.8) is 0 Å². The molecule has 0 unspecified atom stereocenters. The van der Waals surface area contributed by atoms with Gasteiger partial charge in [0.05, 0.1) is 22.1 Å². The van der Waals surface area contributed by atoms with Crippen LogP contribution in [0.5, 0.6) is 0 Å². The first-order chi connectivity index (χ1) is 27.1. The largest absolute Gasteiger partial charge is 0.309 e. The summed E-state index contributed by atoms with van der Waals surface area (Å²) in [6.07, 6.45) is 3.01. The van der Waals surface area contributed by atoms with E-state index in [0.717, 1.165) is 19.3 Å². The molecule has 0 fully saturated rings. The van der Waals surface area contributed by atoms with E-state index in [1.807, 2.05) is 0 Å². The standard InChI is InChI=1S/C53H40N2/c1-3-34-15-23-50-46(27-34)48-32-38(21-25-52(48)54(50)42-11-7-5-8-12-42)36-17-19-40-29-41-20-18-37(31-45(41)44(40)30-36)39-22-26-53-49(33-39)47-28-35(4-2)16-24-51(47)55(53)43-13-9-6-10-14-43/h5-28,30-33H,3-4,29H2,1-2H3. The van der Waals surface area contributed by atoms with Crippen LogP contribution >= 0.6 is 0 Å². The van der Waals surface area contributed by atoms with Crippen LogP contribution < -0.4 is 0 Å². The highest BCUT2D eigenvalue weighted by Gasteiger charge is 2.21. The van der Waals surface area contributed by atoms with Crippen LogP contribution in [0.15, 0.2) is 170 Å². The lowest BCUT2D eigenvalue weighted by molar-refractivity contribution is 1.14. The third-order valence-corrected chi connectivity index (χ3v) is 12.1. The Bertz CT molecular complexity index is 2910. The van der Waals surface area contributed by atoms with E-state index in [1.165, 1.54) is 111 Å². The summed E-state index contributed by atoms with van der Waals surface area (Å²) in [5.41, 5.74) is 20.6. The summed E-state index contributed by atoms with van der Waals surface area (Å²) < 4.78 is 4.82. The van der Waals surface area contributed by atoms with Crippen LogP contribution in [-0.4, -0.2) is 9.13 Å². The van der Waals surface area contributed by atoms with Crippen molar-refractivity contribution in [2.75, 3.05) is 0 Å². The maximum atomic E-state index is 2.43. The number of hydrogen-bond acceptors (Lipinski definition) is 0. The van der Waals surface area contributed by atoms with E-state index >= 15 is 0 Å². The van der Waals surface area contributed by atoms with Gasteiger partial charge in [-0.1, -0.05) is 98.8 Å². The van der Waals surface area contributed by atoms with Crippen molar-refractivity contribution in [3.8, 4) is 44.8 Å². The second-order valence-electron chi connectivity index (χ2n) is 15.1. The van der Waals surface area contributed by atoms with Crippen molar-refractivity contribution in [2.24, 2.45) is 0 Å². The number of nitrogens with zero attached hydrogens (tertiary/aromatic N) is 2. The average Bonchev–Trinajstić information content (AvgIpc) is 3.90. The van der Waals surface area contributed by atoms with Crippen molar-refractivity contribution in [2.45, 2.75) is 33.1 Å². The van der Waals surface area contributed by atoms with Gasteiger partial charge in [-0.15, -0.1) is 0 Å². The van der Waals surface area contributed by atoms with E-state index in [1.54, 1.807) is 0 Å². The van der Waals surface area contributed by atoms with Crippen LogP contribution in [0.2, 0.25) is 0 Å². The predicted molar refractivity (Wildman–Crippen MR) is 233 cm³/mol. The summed E-state index contributed by atoms with van der Waals surface area (Å²) >= 11 is 0. The Labute approximate surface area is 321 Å². The molecular formula is C53H40N2. The summed E-state index contributed by atoms with van der Waals surface area (Å²) in [5, 5.41) is 5.21. The van der Waals surface area contributed by atoms with Crippen LogP contribution in [-0.2, 0) is 19.3 Å². The third kappa shape index (κ3) is 5.02. The van der Waals surface area contributed by atoms with Crippen LogP contribution in [0, 0.1) is 0 Å². The minimum atomic E-state index is 0.970. The SMILES string of the molecule is CCc1ccc2c(c1)c1cc(-c3ccc4c(c3)-c3cc(-c5ccc6c(c5)c5cc(CC)ccc5n6-c5ccccc5)ccc3C4)ccc1n2-c1ccccc1. The number of rotatable bonds is 6. The normalized spacial score (nSPS) is 12.3. The van der Waals surface area contributed by atoms with Gasteiger partial charge in [-0.05, 0) is 160 Å². The first kappa shape index (κ1) is 31.8. The number of benzene rings is 8. The van der Waals surface area contributed by atoms with E-state index in [0.29, 0.717) is 0 Å². The number of fused-ring (bicyclic) bond motifs is 9. The van der Waals surface area contributed by atoms with Gasteiger partial charge in [0, 0.05) is 32.9 Å². The predicted octanol–water partition coefficient (Wildman–Crippen LogP) is 13.9. The van der Waals surface area contributed by atoms with E-state index in [9.17, 15) is 0 Å². The van der Waals surface area contributed by atoms with Gasteiger partial charge in [0.25, 0.3) is 0 Å². The topological polar surface area (TPSA) is 9.86 Å². The Hall–Kier alpha value is -6.64. The molecule has 0 saturated heterocycles. The molecule has 8 aromatic carbocycles. The molecule has 2 heteroatoms. The van der Waals surface area contributed by atoms with Crippen LogP contribution in [0.3, 0.4) is 0 Å². The van der Waals surface area contributed by atoms with Gasteiger partial charge in [-0.25, -0.2) is 0 Å². The molecular weight excluding hydrogens is 665 g/mol. The van der Waals surface area contributed by atoms with Gasteiger partial charge in [-0.3, -0.25) is 0 Å². The second-order valence-corrected chi connectivity index (χ2v) is 15.1. The zero-order chi connectivity index (χ0) is 36.6. The minimum Gasteiger partial charge on any atom is -0.309 e. The maximum Gasteiger partial charge on any atom is 0.0541 e. The van der Waals surface area contributed by atoms with Gasteiger partial charge < -0.3 is 9.13 Å². The monoisotopic (exact) mass is 704 g/mol. The molecule has 1 aliphatic carbocycles. The highest BCUT2D eigenvalue weighted by molar-refractivity contribution is 6.12. The van der Waals surface area contributed by atoms with E-state index in [-0.39, 0.29) is 0 Å². The Balaban J connectivity index is 1.02. The van der Waals surface area contributed by atoms with Crippen molar-refractivity contribution in [1.82, 2.24) is 9.13 Å². The average molecular weight is 705 g/mol. The molecule has 0 bridgehead atoms. The first-order valence-electron chi connectivity index (χ1n) is 19.7. The molecule has 0 spiro atoms. The van der Waals surface area contributed by atoms with E-state index in [4.69, 9.17) is 0 Å². The van der Waals surface area contributed by atoms with Gasteiger partial charge in [0.2, 0.25) is 0 Å². The molecule has 55 heavy (non-hydrogen) atoms. The lowest BCUT2D eigenvalue weighted by atomic mass is 9.95. The molecule has 0 amide bonds. The van der Waals surface area contributed by atoms with E-state index < -0.39 is 0 Å².